The van der Waals surface area contributed by atoms with E-state index in [1.807, 2.05) is 0 Å². The summed E-state index contributed by atoms with van der Waals surface area (Å²) >= 11 is 5.89. The van der Waals surface area contributed by atoms with E-state index < -0.39 is 5.97 Å². The number of carbonyl (C=O) groups is 1. The van der Waals surface area contributed by atoms with Crippen LogP contribution < -0.4 is 4.74 Å². The van der Waals surface area contributed by atoms with Crippen LogP contribution in [-0.4, -0.2) is 11.1 Å². The first-order chi connectivity index (χ1) is 10.0. The summed E-state index contributed by atoms with van der Waals surface area (Å²) in [5.41, 5.74) is 1.37. The topological polar surface area (TPSA) is 46.5 Å². The zero-order chi connectivity index (χ0) is 15.2. The maximum absolute atomic E-state index is 12.8. The molecule has 21 heavy (non-hydrogen) atoms. The van der Waals surface area contributed by atoms with Crippen LogP contribution in [0.15, 0.2) is 48.5 Å². The number of rotatable bonds is 5. The molecule has 0 aromatic heterocycles. The fourth-order valence-corrected chi connectivity index (χ4v) is 1.86. The van der Waals surface area contributed by atoms with Crippen molar-refractivity contribution in [1.82, 2.24) is 0 Å². The van der Waals surface area contributed by atoms with Crippen LogP contribution >= 0.6 is 11.6 Å². The predicted octanol–water partition coefficient (Wildman–Crippen LogP) is 4.16. The highest BCUT2D eigenvalue weighted by Crippen LogP contribution is 2.25. The van der Waals surface area contributed by atoms with Crippen molar-refractivity contribution in [1.29, 1.82) is 0 Å². The molecular formula is C16H12ClFO3. The summed E-state index contributed by atoms with van der Waals surface area (Å²) in [7, 11) is 0. The Bertz CT molecular complexity index is 666. The van der Waals surface area contributed by atoms with Gasteiger partial charge >= 0.3 is 5.97 Å². The first-order valence-electron chi connectivity index (χ1n) is 6.12. The number of halogens is 2. The molecule has 0 saturated heterocycles. The summed E-state index contributed by atoms with van der Waals surface area (Å²) in [4.78, 5) is 10.6. The van der Waals surface area contributed by atoms with E-state index in [-0.39, 0.29) is 12.4 Å². The molecule has 0 heterocycles. The Morgan fingerprint density at radius 3 is 2.62 bits per heavy atom. The van der Waals surface area contributed by atoms with Gasteiger partial charge in [0.1, 0.15) is 18.2 Å². The molecule has 108 valence electrons. The molecule has 0 aliphatic heterocycles. The van der Waals surface area contributed by atoms with Crippen molar-refractivity contribution in [2.45, 2.75) is 6.61 Å². The molecule has 5 heteroatoms. The lowest BCUT2D eigenvalue weighted by Gasteiger charge is -2.10. The van der Waals surface area contributed by atoms with Gasteiger partial charge in [-0.05, 0) is 42.0 Å². The number of hydrogen-bond donors (Lipinski definition) is 1. The van der Waals surface area contributed by atoms with Crippen LogP contribution in [0, 0.1) is 5.82 Å². The molecule has 0 atom stereocenters. The highest BCUT2D eigenvalue weighted by molar-refractivity contribution is 6.30. The third-order valence-electron chi connectivity index (χ3n) is 2.68. The molecule has 0 saturated carbocycles. The van der Waals surface area contributed by atoms with E-state index in [2.05, 4.69) is 0 Å². The Balaban J connectivity index is 2.15. The van der Waals surface area contributed by atoms with Gasteiger partial charge in [0.25, 0.3) is 0 Å². The average Bonchev–Trinajstić information content (AvgIpc) is 2.45. The second-order valence-corrected chi connectivity index (χ2v) is 4.71. The molecule has 0 aliphatic carbocycles. The molecule has 0 unspecified atom stereocenters. The van der Waals surface area contributed by atoms with E-state index in [1.165, 1.54) is 18.2 Å². The molecule has 0 aliphatic rings. The zero-order valence-corrected chi connectivity index (χ0v) is 11.7. The Labute approximate surface area is 126 Å². The first-order valence-corrected chi connectivity index (χ1v) is 6.50. The lowest BCUT2D eigenvalue weighted by atomic mass is 10.2. The van der Waals surface area contributed by atoms with Crippen molar-refractivity contribution >= 4 is 23.6 Å². The van der Waals surface area contributed by atoms with E-state index in [4.69, 9.17) is 21.4 Å². The molecule has 0 amide bonds. The lowest BCUT2D eigenvalue weighted by molar-refractivity contribution is -0.131. The van der Waals surface area contributed by atoms with Gasteiger partial charge in [-0.1, -0.05) is 23.7 Å². The second kappa shape index (κ2) is 6.90. The van der Waals surface area contributed by atoms with Crippen molar-refractivity contribution in [2.75, 3.05) is 0 Å². The minimum absolute atomic E-state index is 0.246. The van der Waals surface area contributed by atoms with Crippen LogP contribution in [0.2, 0.25) is 5.02 Å². The van der Waals surface area contributed by atoms with Gasteiger partial charge in [-0.2, -0.15) is 0 Å². The zero-order valence-electron chi connectivity index (χ0n) is 10.9. The summed E-state index contributed by atoms with van der Waals surface area (Å²) in [6.07, 6.45) is 2.42. The van der Waals surface area contributed by atoms with Gasteiger partial charge in [0.05, 0.1) is 0 Å². The molecule has 2 aromatic rings. The highest BCUT2D eigenvalue weighted by atomic mass is 35.5. The van der Waals surface area contributed by atoms with Gasteiger partial charge in [-0.15, -0.1) is 0 Å². The van der Waals surface area contributed by atoms with Gasteiger partial charge in [0, 0.05) is 16.7 Å². The summed E-state index contributed by atoms with van der Waals surface area (Å²) < 4.78 is 18.4. The Hall–Kier alpha value is -2.33. The van der Waals surface area contributed by atoms with Gasteiger partial charge in [0.15, 0.2) is 0 Å². The van der Waals surface area contributed by atoms with E-state index in [0.29, 0.717) is 16.3 Å². The lowest BCUT2D eigenvalue weighted by Crippen LogP contribution is -1.97. The maximum atomic E-state index is 12.8. The van der Waals surface area contributed by atoms with Crippen molar-refractivity contribution in [3.8, 4) is 5.75 Å². The van der Waals surface area contributed by atoms with Gasteiger partial charge in [-0.3, -0.25) is 0 Å². The fraction of sp³-hybridized carbons (Fsp3) is 0.0625. The summed E-state index contributed by atoms with van der Waals surface area (Å²) in [5, 5.41) is 9.15. The van der Waals surface area contributed by atoms with Gasteiger partial charge in [-0.25, -0.2) is 9.18 Å². The summed E-state index contributed by atoms with van der Waals surface area (Å²) in [5.74, 6) is -0.865. The molecule has 1 N–H and O–H groups in total. The third-order valence-corrected chi connectivity index (χ3v) is 2.92. The molecule has 0 spiro atoms. The van der Waals surface area contributed by atoms with E-state index in [0.717, 1.165) is 11.6 Å². The Morgan fingerprint density at radius 2 is 1.95 bits per heavy atom. The Morgan fingerprint density at radius 1 is 1.24 bits per heavy atom. The van der Waals surface area contributed by atoms with E-state index >= 15 is 0 Å². The van der Waals surface area contributed by atoms with Crippen LogP contribution in [0.4, 0.5) is 4.39 Å². The smallest absolute Gasteiger partial charge is 0.328 e. The normalized spacial score (nSPS) is 10.8. The minimum Gasteiger partial charge on any atom is -0.488 e. The molecule has 0 fully saturated rings. The van der Waals surface area contributed by atoms with Crippen molar-refractivity contribution in [2.24, 2.45) is 0 Å². The first kappa shape index (κ1) is 15.1. The molecule has 3 nitrogen and oxygen atoms in total. The van der Waals surface area contributed by atoms with E-state index in [1.54, 1.807) is 30.3 Å². The van der Waals surface area contributed by atoms with Crippen molar-refractivity contribution in [3.05, 3.63) is 70.5 Å². The predicted molar refractivity (Wildman–Crippen MR) is 78.9 cm³/mol. The van der Waals surface area contributed by atoms with Crippen LogP contribution in [0.3, 0.4) is 0 Å². The fourth-order valence-electron chi connectivity index (χ4n) is 1.68. The molecular weight excluding hydrogens is 295 g/mol. The quantitative estimate of drug-likeness (QED) is 0.844. The summed E-state index contributed by atoms with van der Waals surface area (Å²) in [6, 6.07) is 10.9. The number of carboxylic acids is 1. The second-order valence-electron chi connectivity index (χ2n) is 4.27. The Kier molecular flexibility index (Phi) is 4.95. The maximum Gasteiger partial charge on any atom is 0.328 e. The molecule has 2 rings (SSSR count). The molecule has 0 radical (unpaired) electrons. The SMILES string of the molecule is O=C(O)C=Cc1cc(Cl)ccc1OCc1ccc(F)cc1. The number of ether oxygens (including phenoxy) is 1. The number of aliphatic carboxylic acids is 1. The standard InChI is InChI=1S/C16H12ClFO3/c17-13-4-7-15(12(9-13)3-8-16(19)20)21-10-11-1-5-14(18)6-2-11/h1-9H,10H2,(H,19,20). The minimum atomic E-state index is -1.06. The van der Waals surface area contributed by atoms with Crippen LogP contribution in [0.25, 0.3) is 6.08 Å². The number of carboxylic acid groups (broad SMARTS) is 1. The summed E-state index contributed by atoms with van der Waals surface area (Å²) in [6.45, 7) is 0.246. The molecule has 0 bridgehead atoms. The van der Waals surface area contributed by atoms with Crippen molar-refractivity contribution in [3.63, 3.8) is 0 Å². The van der Waals surface area contributed by atoms with Crippen LogP contribution in [0.5, 0.6) is 5.75 Å². The van der Waals surface area contributed by atoms with Gasteiger partial charge in [0.2, 0.25) is 0 Å². The number of benzene rings is 2. The van der Waals surface area contributed by atoms with Gasteiger partial charge < -0.3 is 9.84 Å². The molecule has 2 aromatic carbocycles. The number of hydrogen-bond acceptors (Lipinski definition) is 2. The van der Waals surface area contributed by atoms with Crippen molar-refractivity contribution < 1.29 is 19.0 Å². The highest BCUT2D eigenvalue weighted by Gasteiger charge is 2.04. The average molecular weight is 307 g/mol. The van der Waals surface area contributed by atoms with Crippen LogP contribution in [-0.2, 0) is 11.4 Å². The largest absolute Gasteiger partial charge is 0.488 e. The monoisotopic (exact) mass is 306 g/mol. The van der Waals surface area contributed by atoms with E-state index in [9.17, 15) is 9.18 Å². The third kappa shape index (κ3) is 4.61. The van der Waals surface area contributed by atoms with Crippen LogP contribution in [0.1, 0.15) is 11.1 Å².